The van der Waals surface area contributed by atoms with Crippen LogP contribution in [-0.4, -0.2) is 13.2 Å². The average molecular weight is 1040 g/mol. The fourth-order valence-corrected chi connectivity index (χ4v) is 18.1. The minimum atomic E-state index is -2.28. The van der Waals surface area contributed by atoms with Gasteiger partial charge in [0.25, 0.3) is 0 Å². The molecule has 0 saturated carbocycles. The summed E-state index contributed by atoms with van der Waals surface area (Å²) in [6.07, 6.45) is 10.9. The van der Waals surface area contributed by atoms with Crippen molar-refractivity contribution in [3.05, 3.63) is 217 Å². The molecule has 6 heteroatoms. The molecule has 0 aromatic heterocycles. The second-order valence-corrected chi connectivity index (χ2v) is 23.9. The normalized spacial score (nSPS) is 11.4. The molecule has 0 amide bonds. The van der Waals surface area contributed by atoms with Crippen LogP contribution >= 0.6 is 14.5 Å². The number of fused-ring (bicyclic) bond motifs is 1. The van der Waals surface area contributed by atoms with Gasteiger partial charge in [0.1, 0.15) is 57.9 Å². The van der Waals surface area contributed by atoms with Crippen molar-refractivity contribution in [1.82, 2.24) is 0 Å². The zero-order chi connectivity index (χ0) is 43.9. The minimum Gasteiger partial charge on any atom is -1.00 e. The van der Waals surface area contributed by atoms with Gasteiger partial charge >= 0.3 is 0 Å². The Balaban J connectivity index is 0.00000360. The summed E-state index contributed by atoms with van der Waals surface area (Å²) in [6, 6.07) is 77.1. The van der Waals surface area contributed by atoms with Crippen molar-refractivity contribution in [3.63, 3.8) is 0 Å². The Labute approximate surface area is 417 Å². The molecular formula is C60H64Br2O2P2. The number of unbranched alkanes of at least 4 members (excludes halogenated alkanes) is 6. The molecule has 0 heterocycles. The Morgan fingerprint density at radius 3 is 0.803 bits per heavy atom. The van der Waals surface area contributed by atoms with E-state index in [0.717, 1.165) is 49.5 Å². The van der Waals surface area contributed by atoms with Gasteiger partial charge < -0.3 is 43.4 Å². The van der Waals surface area contributed by atoms with E-state index in [9.17, 15) is 0 Å². The molecule has 8 rings (SSSR count). The van der Waals surface area contributed by atoms with Crippen LogP contribution in [0.25, 0.3) is 10.8 Å². The number of benzene rings is 8. The van der Waals surface area contributed by atoms with Gasteiger partial charge in [0.15, 0.2) is 0 Å². The van der Waals surface area contributed by atoms with E-state index in [2.05, 4.69) is 220 Å². The predicted octanol–water partition coefficient (Wildman–Crippen LogP) is 7.75. The summed E-state index contributed by atoms with van der Waals surface area (Å²) in [5.41, 5.74) is 2.60. The van der Waals surface area contributed by atoms with Crippen LogP contribution in [0.15, 0.2) is 206 Å². The highest BCUT2D eigenvalue weighted by molar-refractivity contribution is 7.95. The lowest BCUT2D eigenvalue weighted by atomic mass is 9.99. The number of rotatable bonds is 22. The van der Waals surface area contributed by atoms with E-state index in [1.54, 1.807) is 0 Å². The van der Waals surface area contributed by atoms with Gasteiger partial charge in [-0.2, -0.15) is 0 Å². The zero-order valence-corrected chi connectivity index (χ0v) is 43.5. The van der Waals surface area contributed by atoms with Gasteiger partial charge in [-0.25, -0.2) is 0 Å². The summed E-state index contributed by atoms with van der Waals surface area (Å²) >= 11 is 0. The number of ether oxygens (including phenoxy) is 2. The number of hydrogen-bond donors (Lipinski definition) is 0. The molecule has 0 bridgehead atoms. The molecule has 0 spiro atoms. The van der Waals surface area contributed by atoms with E-state index in [0.29, 0.717) is 13.2 Å². The summed E-state index contributed by atoms with van der Waals surface area (Å²) in [7, 11) is -4.56. The second-order valence-electron chi connectivity index (χ2n) is 17.0. The van der Waals surface area contributed by atoms with E-state index in [1.807, 2.05) is 0 Å². The summed E-state index contributed by atoms with van der Waals surface area (Å²) in [4.78, 5) is 0. The van der Waals surface area contributed by atoms with E-state index in [-0.39, 0.29) is 34.0 Å². The maximum absolute atomic E-state index is 7.06. The molecule has 0 aliphatic heterocycles. The van der Waals surface area contributed by atoms with Crippen LogP contribution in [0.4, 0.5) is 0 Å². The van der Waals surface area contributed by atoms with Crippen molar-refractivity contribution in [2.24, 2.45) is 0 Å². The maximum atomic E-state index is 7.06. The molecule has 0 fully saturated rings. The van der Waals surface area contributed by atoms with Gasteiger partial charge in [-0.1, -0.05) is 174 Å². The van der Waals surface area contributed by atoms with Gasteiger partial charge in [0, 0.05) is 21.9 Å². The van der Waals surface area contributed by atoms with E-state index in [1.165, 1.54) is 79.4 Å². The third kappa shape index (κ3) is 11.4. The lowest BCUT2D eigenvalue weighted by molar-refractivity contribution is -0.00100. The Kier molecular flexibility index (Phi) is 19.7. The average Bonchev–Trinajstić information content (AvgIpc) is 3.37. The van der Waals surface area contributed by atoms with Gasteiger partial charge in [-0.15, -0.1) is 0 Å². The highest BCUT2D eigenvalue weighted by Crippen LogP contribution is 2.62. The summed E-state index contributed by atoms with van der Waals surface area (Å²) in [5.74, 6) is 1.91. The van der Waals surface area contributed by atoms with Crippen LogP contribution < -0.4 is 75.3 Å². The van der Waals surface area contributed by atoms with Crippen molar-refractivity contribution in [1.29, 1.82) is 0 Å². The summed E-state index contributed by atoms with van der Waals surface area (Å²) in [6.45, 7) is 5.91. The molecular weight excluding hydrogens is 974 g/mol. The lowest BCUT2D eigenvalue weighted by Crippen LogP contribution is -3.00. The van der Waals surface area contributed by atoms with Crippen LogP contribution in [0.1, 0.15) is 76.3 Å². The SMILES string of the molecule is CCCCCCOc1ccc(C[P+](c2ccccc2)(c2ccccc2)c2ccccc2)c2c(OCCCCCC)ccc(C[P+](c3ccccc3)(c3ccccc3)c3ccccc3)c12.[Br-].[Br-]. The fourth-order valence-electron chi connectivity index (χ4n) is 9.54. The molecule has 0 aliphatic carbocycles. The van der Waals surface area contributed by atoms with Crippen LogP contribution in [-0.2, 0) is 12.3 Å². The first-order valence-electron chi connectivity index (χ1n) is 23.6. The third-order valence-electron chi connectivity index (χ3n) is 12.8. The topological polar surface area (TPSA) is 18.5 Å². The summed E-state index contributed by atoms with van der Waals surface area (Å²) < 4.78 is 14.1. The molecule has 0 unspecified atom stereocenters. The highest BCUT2D eigenvalue weighted by Gasteiger charge is 2.48. The van der Waals surface area contributed by atoms with Gasteiger partial charge in [-0.3, -0.25) is 0 Å². The number of halogens is 2. The van der Waals surface area contributed by atoms with Gasteiger partial charge in [-0.05, 0) is 97.8 Å². The quantitative estimate of drug-likeness (QED) is 0.0512. The Bertz CT molecular complexity index is 2250. The molecule has 0 saturated heterocycles. The predicted molar refractivity (Wildman–Crippen MR) is 281 cm³/mol. The molecule has 66 heavy (non-hydrogen) atoms. The Hall–Kier alpha value is -4.56. The van der Waals surface area contributed by atoms with Crippen molar-refractivity contribution in [2.45, 2.75) is 77.5 Å². The first-order valence-corrected chi connectivity index (χ1v) is 27.6. The van der Waals surface area contributed by atoms with Crippen LogP contribution in [0, 0.1) is 0 Å². The van der Waals surface area contributed by atoms with Crippen LogP contribution in [0.5, 0.6) is 11.5 Å². The van der Waals surface area contributed by atoms with E-state index < -0.39 is 14.5 Å². The fraction of sp³-hybridized carbons (Fsp3) is 0.233. The molecule has 0 N–H and O–H groups in total. The summed E-state index contributed by atoms with van der Waals surface area (Å²) in [5, 5.41) is 10.6. The van der Waals surface area contributed by atoms with Crippen LogP contribution in [0.2, 0.25) is 0 Å². The highest BCUT2D eigenvalue weighted by atomic mass is 79.9. The van der Waals surface area contributed by atoms with Gasteiger partial charge in [0.2, 0.25) is 0 Å². The smallest absolute Gasteiger partial charge is 0.127 e. The monoisotopic (exact) mass is 1040 g/mol. The standard InChI is InChI=1S/C60H64O2P2.2BrH/c1-3-5-7-27-45-61-57-43-41-50(48-64(54-35-21-12-22-36-54,55-37-23-13-24-38-55)56-39-25-14-26-40-56)60-58(62-46-28-8-6-4-2)44-42-49(59(57)60)47-63(51-29-15-9-16-30-51,52-31-17-10-18-32-52)53-33-19-11-20-34-53;;/h9-26,29-44H,3-8,27-28,45-48H2,1-2H3;2*1H/q+2;;/p-2. The van der Waals surface area contributed by atoms with E-state index in [4.69, 9.17) is 9.47 Å². The molecule has 8 aromatic carbocycles. The van der Waals surface area contributed by atoms with Crippen molar-refractivity contribution < 1.29 is 43.4 Å². The van der Waals surface area contributed by atoms with E-state index >= 15 is 0 Å². The molecule has 8 aromatic rings. The molecule has 0 aliphatic rings. The molecule has 2 nitrogen and oxygen atoms in total. The van der Waals surface area contributed by atoms with Crippen molar-refractivity contribution >= 4 is 57.1 Å². The van der Waals surface area contributed by atoms with Gasteiger partial charge in [0.05, 0.1) is 25.5 Å². The van der Waals surface area contributed by atoms with Crippen molar-refractivity contribution in [3.8, 4) is 11.5 Å². The number of hydrogen-bond acceptors (Lipinski definition) is 2. The maximum Gasteiger partial charge on any atom is 0.127 e. The lowest BCUT2D eigenvalue weighted by Gasteiger charge is -2.30. The second kappa shape index (κ2) is 25.5. The third-order valence-corrected chi connectivity index (χ3v) is 21.5. The first kappa shape index (κ1) is 50.8. The van der Waals surface area contributed by atoms with Crippen LogP contribution in [0.3, 0.4) is 0 Å². The molecule has 0 atom stereocenters. The Morgan fingerprint density at radius 2 is 0.561 bits per heavy atom. The largest absolute Gasteiger partial charge is 1.00 e. The minimum absolute atomic E-state index is 0. The Morgan fingerprint density at radius 1 is 0.303 bits per heavy atom. The zero-order valence-electron chi connectivity index (χ0n) is 38.6. The van der Waals surface area contributed by atoms with Crippen molar-refractivity contribution in [2.75, 3.05) is 13.2 Å². The molecule has 0 radical (unpaired) electrons. The first-order chi connectivity index (χ1) is 31.7. The molecule has 340 valence electrons.